The number of H-pyrrole nitrogens is 1. The molecule has 0 aliphatic heterocycles. The fourth-order valence-electron chi connectivity index (χ4n) is 1.62. The van der Waals surface area contributed by atoms with Crippen LogP contribution in [0, 0.1) is 0 Å². The van der Waals surface area contributed by atoms with Gasteiger partial charge in [-0.3, -0.25) is 0 Å². The molecule has 0 saturated heterocycles. The van der Waals surface area contributed by atoms with Crippen LogP contribution in [0.3, 0.4) is 0 Å². The standard InChI is InChI=1S/C12H10ClN5OS/c1-2-19-10-16-9(13)17-12(18-10)20-11-14-7-5-3-4-6-8(7)15-11/h3-6H,2H2,1H3,(H,14,15). The lowest BCUT2D eigenvalue weighted by molar-refractivity contribution is 0.307. The maximum Gasteiger partial charge on any atom is 0.321 e. The van der Waals surface area contributed by atoms with Gasteiger partial charge in [-0.1, -0.05) is 12.1 Å². The van der Waals surface area contributed by atoms with Gasteiger partial charge >= 0.3 is 6.01 Å². The average Bonchev–Trinajstić information content (AvgIpc) is 2.80. The van der Waals surface area contributed by atoms with E-state index in [1.807, 2.05) is 31.2 Å². The Balaban J connectivity index is 1.90. The molecule has 3 rings (SSSR count). The minimum Gasteiger partial charge on any atom is -0.464 e. The molecular weight excluding hydrogens is 298 g/mol. The summed E-state index contributed by atoms with van der Waals surface area (Å²) in [6.45, 7) is 2.32. The molecule has 0 aliphatic carbocycles. The van der Waals surface area contributed by atoms with Gasteiger partial charge in [-0.25, -0.2) is 4.98 Å². The number of aromatic amines is 1. The Kier molecular flexibility index (Phi) is 3.70. The van der Waals surface area contributed by atoms with Crippen LogP contribution in [0.1, 0.15) is 6.92 Å². The Morgan fingerprint density at radius 3 is 2.85 bits per heavy atom. The summed E-state index contributed by atoms with van der Waals surface area (Å²) >= 11 is 7.12. The highest BCUT2D eigenvalue weighted by atomic mass is 35.5. The number of ether oxygens (including phenoxy) is 1. The van der Waals surface area contributed by atoms with Crippen molar-refractivity contribution in [2.45, 2.75) is 17.2 Å². The summed E-state index contributed by atoms with van der Waals surface area (Å²) in [7, 11) is 0. The normalized spacial score (nSPS) is 10.9. The van der Waals surface area contributed by atoms with Crippen LogP contribution in [-0.2, 0) is 0 Å². The second-order valence-corrected chi connectivity index (χ2v) is 5.06. The highest BCUT2D eigenvalue weighted by Gasteiger charge is 2.10. The van der Waals surface area contributed by atoms with E-state index >= 15 is 0 Å². The number of aromatic nitrogens is 5. The highest BCUT2D eigenvalue weighted by molar-refractivity contribution is 7.99. The molecule has 0 aliphatic rings. The van der Waals surface area contributed by atoms with E-state index < -0.39 is 0 Å². The van der Waals surface area contributed by atoms with Crippen molar-refractivity contribution >= 4 is 34.4 Å². The second-order valence-electron chi connectivity index (χ2n) is 3.76. The Bertz CT molecular complexity index is 715. The van der Waals surface area contributed by atoms with Crippen molar-refractivity contribution in [2.75, 3.05) is 6.61 Å². The number of fused-ring (bicyclic) bond motifs is 1. The monoisotopic (exact) mass is 307 g/mol. The van der Waals surface area contributed by atoms with Crippen molar-refractivity contribution in [3.05, 3.63) is 29.5 Å². The lowest BCUT2D eigenvalue weighted by Crippen LogP contribution is -2.00. The van der Waals surface area contributed by atoms with E-state index in [1.165, 1.54) is 11.8 Å². The van der Waals surface area contributed by atoms with Gasteiger partial charge in [0.2, 0.25) is 10.4 Å². The van der Waals surface area contributed by atoms with E-state index in [9.17, 15) is 0 Å². The number of nitrogens with one attached hydrogen (secondary N) is 1. The Morgan fingerprint density at radius 2 is 2.05 bits per heavy atom. The molecule has 0 bridgehead atoms. The van der Waals surface area contributed by atoms with Crippen LogP contribution in [0.25, 0.3) is 11.0 Å². The van der Waals surface area contributed by atoms with Gasteiger partial charge in [0.1, 0.15) is 0 Å². The topological polar surface area (TPSA) is 76.6 Å². The van der Waals surface area contributed by atoms with Crippen molar-refractivity contribution in [1.29, 1.82) is 0 Å². The maximum atomic E-state index is 5.84. The fraction of sp³-hybridized carbons (Fsp3) is 0.167. The van der Waals surface area contributed by atoms with Gasteiger partial charge in [-0.2, -0.15) is 15.0 Å². The van der Waals surface area contributed by atoms with Gasteiger partial charge in [0.15, 0.2) is 5.16 Å². The lowest BCUT2D eigenvalue weighted by Gasteiger charge is -2.02. The molecule has 1 aromatic carbocycles. The number of hydrogen-bond acceptors (Lipinski definition) is 6. The summed E-state index contributed by atoms with van der Waals surface area (Å²) in [5.74, 6) is 0. The van der Waals surface area contributed by atoms with Crippen molar-refractivity contribution < 1.29 is 4.74 Å². The summed E-state index contributed by atoms with van der Waals surface area (Å²) in [4.78, 5) is 19.7. The van der Waals surface area contributed by atoms with Crippen molar-refractivity contribution in [2.24, 2.45) is 0 Å². The molecule has 102 valence electrons. The third-order valence-electron chi connectivity index (χ3n) is 2.40. The number of rotatable bonds is 4. The summed E-state index contributed by atoms with van der Waals surface area (Å²) < 4.78 is 5.23. The number of hydrogen-bond donors (Lipinski definition) is 1. The van der Waals surface area contributed by atoms with Crippen LogP contribution in [0.4, 0.5) is 0 Å². The third kappa shape index (κ3) is 2.83. The molecule has 3 aromatic rings. The summed E-state index contributed by atoms with van der Waals surface area (Å²) in [6, 6.07) is 7.98. The number of imidazole rings is 1. The van der Waals surface area contributed by atoms with Crippen LogP contribution in [-0.4, -0.2) is 31.5 Å². The molecule has 0 fully saturated rings. The predicted octanol–water partition coefficient (Wildman–Crippen LogP) is 2.95. The van der Waals surface area contributed by atoms with Crippen molar-refractivity contribution in [3.8, 4) is 6.01 Å². The highest BCUT2D eigenvalue weighted by Crippen LogP contribution is 2.26. The lowest BCUT2D eigenvalue weighted by atomic mass is 10.3. The minimum atomic E-state index is 0.0991. The zero-order valence-corrected chi connectivity index (χ0v) is 12.1. The average molecular weight is 308 g/mol. The van der Waals surface area contributed by atoms with Gasteiger partial charge in [0, 0.05) is 0 Å². The zero-order chi connectivity index (χ0) is 13.9. The maximum absolute atomic E-state index is 5.84. The van der Waals surface area contributed by atoms with Gasteiger partial charge in [-0.15, -0.1) is 0 Å². The van der Waals surface area contributed by atoms with E-state index in [4.69, 9.17) is 16.3 Å². The molecule has 0 atom stereocenters. The Hall–Kier alpha value is -1.86. The van der Waals surface area contributed by atoms with Gasteiger partial charge in [-0.05, 0) is 42.4 Å². The summed E-state index contributed by atoms with van der Waals surface area (Å²) in [5.41, 5.74) is 1.85. The van der Waals surface area contributed by atoms with Crippen LogP contribution >= 0.6 is 23.4 Å². The van der Waals surface area contributed by atoms with Crippen LogP contribution < -0.4 is 4.74 Å². The van der Waals surface area contributed by atoms with Crippen molar-refractivity contribution in [3.63, 3.8) is 0 Å². The first-order valence-corrected chi connectivity index (χ1v) is 7.11. The molecule has 0 amide bonds. The van der Waals surface area contributed by atoms with Crippen LogP contribution in [0.15, 0.2) is 34.6 Å². The summed E-state index contributed by atoms with van der Waals surface area (Å²) in [6.07, 6.45) is 0. The smallest absolute Gasteiger partial charge is 0.321 e. The van der Waals surface area contributed by atoms with E-state index in [0.29, 0.717) is 16.9 Å². The number of para-hydroxylation sites is 2. The molecule has 0 spiro atoms. The molecule has 0 radical (unpaired) electrons. The van der Waals surface area contributed by atoms with Gasteiger partial charge in [0.25, 0.3) is 0 Å². The molecule has 1 N–H and O–H groups in total. The zero-order valence-electron chi connectivity index (χ0n) is 10.5. The fourth-order valence-corrected chi connectivity index (χ4v) is 2.55. The number of benzene rings is 1. The van der Waals surface area contributed by atoms with E-state index in [2.05, 4.69) is 24.9 Å². The van der Waals surface area contributed by atoms with Gasteiger partial charge in [0.05, 0.1) is 17.6 Å². The third-order valence-corrected chi connectivity index (χ3v) is 3.32. The van der Waals surface area contributed by atoms with Gasteiger partial charge < -0.3 is 9.72 Å². The van der Waals surface area contributed by atoms with E-state index in [-0.39, 0.29) is 11.3 Å². The Labute approximate surface area is 124 Å². The SMILES string of the molecule is CCOc1nc(Cl)nc(Sc2nc3ccccc3[nH]2)n1. The first-order chi connectivity index (χ1) is 9.74. The second kappa shape index (κ2) is 5.64. The molecule has 2 heterocycles. The molecule has 6 nitrogen and oxygen atoms in total. The first kappa shape index (κ1) is 13.1. The molecule has 0 saturated carbocycles. The van der Waals surface area contributed by atoms with Crippen LogP contribution in [0.5, 0.6) is 6.01 Å². The molecular formula is C12H10ClN5OS. The molecule has 0 unspecified atom stereocenters. The molecule has 8 heteroatoms. The molecule has 20 heavy (non-hydrogen) atoms. The van der Waals surface area contributed by atoms with E-state index in [1.54, 1.807) is 0 Å². The number of halogens is 1. The number of nitrogens with zero attached hydrogens (tertiary/aromatic N) is 4. The largest absolute Gasteiger partial charge is 0.464 e. The van der Waals surface area contributed by atoms with Crippen molar-refractivity contribution in [1.82, 2.24) is 24.9 Å². The van der Waals surface area contributed by atoms with Crippen LogP contribution in [0.2, 0.25) is 5.28 Å². The first-order valence-electron chi connectivity index (χ1n) is 5.91. The minimum absolute atomic E-state index is 0.0991. The quantitative estimate of drug-likeness (QED) is 0.798. The molecule has 2 aromatic heterocycles. The Morgan fingerprint density at radius 1 is 1.20 bits per heavy atom. The summed E-state index contributed by atoms with van der Waals surface area (Å²) in [5, 5.41) is 1.23. The van der Waals surface area contributed by atoms with E-state index in [0.717, 1.165) is 11.0 Å². The predicted molar refractivity (Wildman–Crippen MR) is 76.2 cm³/mol.